The summed E-state index contributed by atoms with van der Waals surface area (Å²) >= 11 is 0. The van der Waals surface area contributed by atoms with E-state index in [0.717, 1.165) is 37.8 Å². The first kappa shape index (κ1) is 22.6. The Bertz CT molecular complexity index is 1260. The summed E-state index contributed by atoms with van der Waals surface area (Å²) in [5.74, 6) is 0.243. The van der Waals surface area contributed by atoms with Gasteiger partial charge in [0.1, 0.15) is 4.90 Å². The largest absolute Gasteiger partial charge is 0.355 e. The number of amidine groups is 1. The van der Waals surface area contributed by atoms with Crippen LogP contribution in [-0.2, 0) is 26.2 Å². The molecule has 0 spiro atoms. The molecule has 9 heteroatoms. The van der Waals surface area contributed by atoms with Crippen LogP contribution in [0.25, 0.3) is 0 Å². The number of anilines is 1. The minimum atomic E-state index is -3.69. The number of likely N-dealkylation sites (tertiary alicyclic amines) is 2. The van der Waals surface area contributed by atoms with Crippen LogP contribution in [0.2, 0.25) is 0 Å². The van der Waals surface area contributed by atoms with Crippen molar-refractivity contribution < 1.29 is 18.0 Å². The minimum absolute atomic E-state index is 0.0920. The first-order valence-electron chi connectivity index (χ1n) is 11.8. The third-order valence-corrected chi connectivity index (χ3v) is 8.02. The van der Waals surface area contributed by atoms with Gasteiger partial charge < -0.3 is 15.1 Å². The van der Waals surface area contributed by atoms with Gasteiger partial charge in [0, 0.05) is 43.9 Å². The van der Waals surface area contributed by atoms with E-state index >= 15 is 0 Å². The third-order valence-electron chi connectivity index (χ3n) is 6.69. The third kappa shape index (κ3) is 4.57. The fraction of sp³-hybridized carbons (Fsp3) is 0.400. The van der Waals surface area contributed by atoms with Crippen LogP contribution in [0.15, 0.2) is 57.8 Å². The van der Waals surface area contributed by atoms with E-state index in [1.807, 2.05) is 34.1 Å². The average Bonchev–Trinajstić information content (AvgIpc) is 3.12. The molecule has 0 radical (unpaired) electrons. The summed E-state index contributed by atoms with van der Waals surface area (Å²) < 4.78 is 28.9. The van der Waals surface area contributed by atoms with E-state index in [-0.39, 0.29) is 22.6 Å². The van der Waals surface area contributed by atoms with Gasteiger partial charge in [-0.05, 0) is 55.5 Å². The second-order valence-electron chi connectivity index (χ2n) is 9.13. The van der Waals surface area contributed by atoms with Crippen molar-refractivity contribution in [3.8, 4) is 0 Å². The molecule has 3 heterocycles. The number of carbonyl (C=O) groups excluding carboxylic acids is 2. The monoisotopic (exact) mass is 480 g/mol. The molecule has 2 aromatic rings. The molecule has 1 N–H and O–H groups in total. The van der Waals surface area contributed by atoms with E-state index in [2.05, 4.69) is 9.71 Å². The summed E-state index contributed by atoms with van der Waals surface area (Å²) in [6.45, 7) is 2.39. The highest BCUT2D eigenvalue weighted by molar-refractivity contribution is 7.90. The van der Waals surface area contributed by atoms with Gasteiger partial charge in [-0.15, -0.1) is 4.40 Å². The maximum Gasteiger partial charge on any atom is 0.285 e. The van der Waals surface area contributed by atoms with E-state index < -0.39 is 10.0 Å². The molecule has 8 nitrogen and oxygen atoms in total. The Kier molecular flexibility index (Phi) is 6.12. The van der Waals surface area contributed by atoms with Gasteiger partial charge in [0.15, 0.2) is 5.84 Å². The number of benzene rings is 2. The van der Waals surface area contributed by atoms with Crippen LogP contribution in [0, 0.1) is 5.92 Å². The lowest BCUT2D eigenvalue weighted by Gasteiger charge is -2.33. The predicted octanol–water partition coefficient (Wildman–Crippen LogP) is 3.00. The Morgan fingerprint density at radius 1 is 1.06 bits per heavy atom. The normalized spacial score (nSPS) is 21.7. The Morgan fingerprint density at radius 3 is 2.76 bits per heavy atom. The number of hydrogen-bond donors (Lipinski definition) is 1. The summed E-state index contributed by atoms with van der Waals surface area (Å²) in [5, 5.41) is 3.02. The van der Waals surface area contributed by atoms with E-state index in [1.165, 1.54) is 0 Å². The maximum atomic E-state index is 13.1. The Balaban J connectivity index is 1.26. The Hall–Kier alpha value is -3.20. The number of rotatable bonds is 4. The maximum absolute atomic E-state index is 13.1. The number of carbonyl (C=O) groups is 2. The molecule has 1 unspecified atom stereocenters. The summed E-state index contributed by atoms with van der Waals surface area (Å²) in [4.78, 5) is 29.2. The molecule has 2 amide bonds. The Labute approximate surface area is 199 Å². The second-order valence-corrected chi connectivity index (χ2v) is 10.7. The minimum Gasteiger partial charge on any atom is -0.355 e. The first-order valence-corrected chi connectivity index (χ1v) is 13.2. The number of hydrogen-bond acceptors (Lipinski definition) is 5. The number of nitrogens with one attached hydrogen (secondary N) is 1. The van der Waals surface area contributed by atoms with Gasteiger partial charge in [-0.2, -0.15) is 8.42 Å². The number of sulfonamides is 1. The van der Waals surface area contributed by atoms with Crippen LogP contribution in [0.5, 0.6) is 0 Å². The van der Waals surface area contributed by atoms with E-state index in [4.69, 9.17) is 0 Å². The number of nitrogens with zero attached hydrogens (tertiary/aromatic N) is 3. The lowest BCUT2D eigenvalue weighted by Crippen LogP contribution is -2.43. The molecule has 1 atom stereocenters. The number of amides is 2. The summed E-state index contributed by atoms with van der Waals surface area (Å²) in [7, 11) is -3.69. The van der Waals surface area contributed by atoms with Crippen molar-refractivity contribution in [1.82, 2.24) is 9.80 Å². The topological polar surface area (TPSA) is 99.2 Å². The molecule has 0 aliphatic carbocycles. The van der Waals surface area contributed by atoms with Crippen molar-refractivity contribution in [2.75, 3.05) is 25.0 Å². The molecule has 178 valence electrons. The van der Waals surface area contributed by atoms with Crippen LogP contribution < -0.4 is 5.32 Å². The van der Waals surface area contributed by atoms with Gasteiger partial charge >= 0.3 is 0 Å². The molecule has 0 saturated carbocycles. The highest BCUT2D eigenvalue weighted by Gasteiger charge is 2.35. The van der Waals surface area contributed by atoms with Crippen LogP contribution in [0.4, 0.5) is 5.69 Å². The fourth-order valence-corrected chi connectivity index (χ4v) is 6.17. The number of piperidine rings is 2. The van der Waals surface area contributed by atoms with Gasteiger partial charge in [0.05, 0.1) is 5.92 Å². The predicted molar refractivity (Wildman–Crippen MR) is 129 cm³/mol. The molecule has 2 aromatic carbocycles. The van der Waals surface area contributed by atoms with Gasteiger partial charge in [-0.1, -0.05) is 24.3 Å². The fourth-order valence-electron chi connectivity index (χ4n) is 4.94. The summed E-state index contributed by atoms with van der Waals surface area (Å²) in [6.07, 6.45) is 4.08. The molecule has 0 aromatic heterocycles. The molecule has 2 fully saturated rings. The van der Waals surface area contributed by atoms with Gasteiger partial charge in [0.2, 0.25) is 11.8 Å². The molecule has 34 heavy (non-hydrogen) atoms. The van der Waals surface area contributed by atoms with Crippen LogP contribution >= 0.6 is 0 Å². The zero-order chi connectivity index (χ0) is 23.7. The highest BCUT2D eigenvalue weighted by Crippen LogP contribution is 2.30. The zero-order valence-corrected chi connectivity index (χ0v) is 19.8. The van der Waals surface area contributed by atoms with Crippen molar-refractivity contribution in [2.45, 2.75) is 43.5 Å². The van der Waals surface area contributed by atoms with E-state index in [9.17, 15) is 18.0 Å². The lowest BCUT2D eigenvalue weighted by molar-refractivity contribution is -0.133. The van der Waals surface area contributed by atoms with Crippen molar-refractivity contribution >= 4 is 33.4 Å². The van der Waals surface area contributed by atoms with Crippen molar-refractivity contribution in [3.05, 3.63) is 59.7 Å². The molecule has 0 bridgehead atoms. The smallest absolute Gasteiger partial charge is 0.285 e. The zero-order valence-electron chi connectivity index (χ0n) is 18.9. The molecule has 3 aliphatic rings. The first-order chi connectivity index (χ1) is 16.4. The van der Waals surface area contributed by atoms with E-state index in [0.29, 0.717) is 43.1 Å². The van der Waals surface area contributed by atoms with Crippen molar-refractivity contribution in [2.24, 2.45) is 10.3 Å². The van der Waals surface area contributed by atoms with Crippen molar-refractivity contribution in [3.63, 3.8) is 0 Å². The van der Waals surface area contributed by atoms with Gasteiger partial charge in [-0.3, -0.25) is 9.59 Å². The summed E-state index contributed by atoms with van der Waals surface area (Å²) in [5.41, 5.74) is 2.29. The summed E-state index contributed by atoms with van der Waals surface area (Å²) in [6, 6.07) is 14.5. The number of fused-ring (bicyclic) bond motifs is 1. The second kappa shape index (κ2) is 9.21. The SMILES string of the molecule is O=C(Nc1cccc(CN2CCCCC2=O)c1)C1CCCN(C2=NS(=O)(=O)c3ccccc32)C1. The highest BCUT2D eigenvalue weighted by atomic mass is 32.2. The molecule has 3 aliphatic heterocycles. The standard InChI is InChI=1S/C25H28N4O4S/c30-23-12-3-4-13-28(23)16-18-7-5-9-20(15-18)26-25(31)19-8-6-14-29(17-19)24-21-10-1-2-11-22(21)34(32,33)27-24/h1-2,5,7,9-11,15,19H,3-4,6,8,12-14,16-17H2,(H,26,31). The van der Waals surface area contributed by atoms with Crippen LogP contribution in [-0.4, -0.2) is 55.5 Å². The van der Waals surface area contributed by atoms with Gasteiger partial charge in [-0.25, -0.2) is 0 Å². The van der Waals surface area contributed by atoms with Crippen LogP contribution in [0.3, 0.4) is 0 Å². The Morgan fingerprint density at radius 2 is 1.91 bits per heavy atom. The molecule has 2 saturated heterocycles. The van der Waals surface area contributed by atoms with Crippen LogP contribution in [0.1, 0.15) is 43.2 Å². The lowest BCUT2D eigenvalue weighted by atomic mass is 9.96. The van der Waals surface area contributed by atoms with Crippen molar-refractivity contribution in [1.29, 1.82) is 0 Å². The van der Waals surface area contributed by atoms with E-state index in [1.54, 1.807) is 24.3 Å². The average molecular weight is 481 g/mol. The molecular weight excluding hydrogens is 452 g/mol. The molecule has 5 rings (SSSR count). The molecular formula is C25H28N4O4S. The quantitative estimate of drug-likeness (QED) is 0.725. The van der Waals surface area contributed by atoms with Gasteiger partial charge in [0.25, 0.3) is 10.0 Å².